The van der Waals surface area contributed by atoms with Gasteiger partial charge in [0.1, 0.15) is 11.6 Å². The lowest BCUT2D eigenvalue weighted by Gasteiger charge is -2.36. The maximum absolute atomic E-state index is 13.9. The van der Waals surface area contributed by atoms with Gasteiger partial charge in [-0.25, -0.2) is 9.37 Å². The molecule has 1 aliphatic rings. The molecular weight excluding hydrogens is 343 g/mol. The van der Waals surface area contributed by atoms with Crippen LogP contribution in [0.5, 0.6) is 0 Å². The molecule has 1 aromatic heterocycles. The van der Waals surface area contributed by atoms with Crippen LogP contribution >= 0.6 is 0 Å². The van der Waals surface area contributed by atoms with E-state index in [1.165, 1.54) is 6.07 Å². The highest BCUT2D eigenvalue weighted by atomic mass is 19.1. The van der Waals surface area contributed by atoms with Crippen LogP contribution in [0.25, 0.3) is 0 Å². The monoisotopic (exact) mass is 370 g/mol. The third-order valence-electron chi connectivity index (χ3n) is 4.80. The summed E-state index contributed by atoms with van der Waals surface area (Å²) in [5.41, 5.74) is 1.19. The molecule has 27 heavy (non-hydrogen) atoms. The number of carbonyl (C=O) groups is 1. The Hall–Kier alpha value is -2.63. The number of amides is 1. The second-order valence-corrected chi connectivity index (χ2v) is 7.27. The fraction of sp³-hybridized carbons (Fsp3) is 0.429. The van der Waals surface area contributed by atoms with E-state index in [9.17, 15) is 9.18 Å². The number of carbonyl (C=O) groups excluding carboxylic acids is 1. The summed E-state index contributed by atoms with van der Waals surface area (Å²) in [4.78, 5) is 20.8. The maximum atomic E-state index is 13.9. The minimum atomic E-state index is -0.220. The van der Waals surface area contributed by atoms with E-state index >= 15 is 0 Å². The Morgan fingerprint density at radius 3 is 2.52 bits per heavy atom. The molecule has 3 rings (SSSR count). The van der Waals surface area contributed by atoms with Gasteiger partial charge in [0.15, 0.2) is 0 Å². The van der Waals surface area contributed by atoms with Gasteiger partial charge in [-0.1, -0.05) is 26.0 Å². The van der Waals surface area contributed by atoms with Gasteiger partial charge in [0.25, 0.3) is 5.91 Å². The van der Waals surface area contributed by atoms with Crippen molar-refractivity contribution in [2.24, 2.45) is 5.92 Å². The number of nitrogens with zero attached hydrogens (tertiary/aromatic N) is 3. The quantitative estimate of drug-likeness (QED) is 0.843. The summed E-state index contributed by atoms with van der Waals surface area (Å²) in [6.07, 6.45) is 2.71. The molecule has 1 fully saturated rings. The lowest BCUT2D eigenvalue weighted by molar-refractivity contribution is 0.0746. The molecule has 2 heterocycles. The number of hydrogen-bond acceptors (Lipinski definition) is 4. The van der Waals surface area contributed by atoms with Crippen molar-refractivity contribution in [2.75, 3.05) is 42.9 Å². The molecule has 0 unspecified atom stereocenters. The van der Waals surface area contributed by atoms with Crippen LogP contribution in [-0.2, 0) is 0 Å². The predicted molar refractivity (Wildman–Crippen MR) is 107 cm³/mol. The molecule has 1 amide bonds. The SMILES string of the molecule is CC(C)CCNc1ccc(C(=O)N2CCN(c3ccccc3F)CC2)cn1. The van der Waals surface area contributed by atoms with Gasteiger partial charge in [0, 0.05) is 38.9 Å². The van der Waals surface area contributed by atoms with Crippen molar-refractivity contribution in [1.82, 2.24) is 9.88 Å². The molecule has 0 saturated carbocycles. The topological polar surface area (TPSA) is 48.5 Å². The number of benzene rings is 1. The van der Waals surface area contributed by atoms with Crippen LogP contribution in [-0.4, -0.2) is 48.5 Å². The van der Waals surface area contributed by atoms with Crippen LogP contribution in [0.2, 0.25) is 0 Å². The third kappa shape index (κ3) is 4.96. The third-order valence-corrected chi connectivity index (χ3v) is 4.80. The lowest BCUT2D eigenvalue weighted by atomic mass is 10.1. The van der Waals surface area contributed by atoms with E-state index < -0.39 is 0 Å². The zero-order valence-corrected chi connectivity index (χ0v) is 16.0. The summed E-state index contributed by atoms with van der Waals surface area (Å²) >= 11 is 0. The summed E-state index contributed by atoms with van der Waals surface area (Å²) in [6, 6.07) is 10.4. The Bertz CT molecular complexity index is 755. The highest BCUT2D eigenvalue weighted by Gasteiger charge is 2.23. The molecule has 1 aliphatic heterocycles. The molecule has 1 aromatic carbocycles. The summed E-state index contributed by atoms with van der Waals surface area (Å²) in [7, 11) is 0. The average Bonchev–Trinajstić information content (AvgIpc) is 2.68. The van der Waals surface area contributed by atoms with Crippen LogP contribution in [0.1, 0.15) is 30.6 Å². The van der Waals surface area contributed by atoms with Crippen molar-refractivity contribution in [3.63, 3.8) is 0 Å². The number of hydrogen-bond donors (Lipinski definition) is 1. The maximum Gasteiger partial charge on any atom is 0.255 e. The summed E-state index contributed by atoms with van der Waals surface area (Å²) in [6.45, 7) is 7.62. The summed E-state index contributed by atoms with van der Waals surface area (Å²) in [5, 5.41) is 3.27. The van der Waals surface area contributed by atoms with E-state index in [1.807, 2.05) is 23.1 Å². The second-order valence-electron chi connectivity index (χ2n) is 7.27. The fourth-order valence-electron chi connectivity index (χ4n) is 3.16. The highest BCUT2D eigenvalue weighted by Crippen LogP contribution is 2.20. The Labute approximate surface area is 160 Å². The Morgan fingerprint density at radius 2 is 1.89 bits per heavy atom. The van der Waals surface area contributed by atoms with Crippen molar-refractivity contribution < 1.29 is 9.18 Å². The first-order valence-electron chi connectivity index (χ1n) is 9.53. The van der Waals surface area contributed by atoms with Gasteiger partial charge >= 0.3 is 0 Å². The van der Waals surface area contributed by atoms with Crippen LogP contribution in [0.4, 0.5) is 15.9 Å². The number of rotatable bonds is 6. The van der Waals surface area contributed by atoms with Crippen molar-refractivity contribution in [3.8, 4) is 0 Å². The number of aromatic nitrogens is 1. The van der Waals surface area contributed by atoms with Gasteiger partial charge in [0.05, 0.1) is 11.3 Å². The molecule has 2 aromatic rings. The zero-order valence-electron chi connectivity index (χ0n) is 16.0. The van der Waals surface area contributed by atoms with Gasteiger partial charge in [-0.2, -0.15) is 0 Å². The van der Waals surface area contributed by atoms with Gasteiger partial charge in [0.2, 0.25) is 0 Å². The normalized spacial score (nSPS) is 14.5. The van der Waals surface area contributed by atoms with E-state index in [0.29, 0.717) is 43.3 Å². The van der Waals surface area contributed by atoms with Crippen molar-refractivity contribution in [1.29, 1.82) is 0 Å². The van der Waals surface area contributed by atoms with E-state index in [1.54, 1.807) is 23.2 Å². The minimum Gasteiger partial charge on any atom is -0.370 e. The highest BCUT2D eigenvalue weighted by molar-refractivity contribution is 5.94. The van der Waals surface area contributed by atoms with Crippen molar-refractivity contribution >= 4 is 17.4 Å². The molecular formula is C21H27FN4O. The first kappa shape index (κ1) is 19.1. The number of para-hydroxylation sites is 1. The zero-order chi connectivity index (χ0) is 19.2. The molecule has 0 aliphatic carbocycles. The Balaban J connectivity index is 1.54. The summed E-state index contributed by atoms with van der Waals surface area (Å²) < 4.78 is 13.9. The van der Waals surface area contributed by atoms with Gasteiger partial charge < -0.3 is 15.1 Å². The van der Waals surface area contributed by atoms with Gasteiger partial charge in [-0.15, -0.1) is 0 Å². The first-order chi connectivity index (χ1) is 13.0. The molecule has 144 valence electrons. The lowest BCUT2D eigenvalue weighted by Crippen LogP contribution is -2.49. The van der Waals surface area contributed by atoms with E-state index in [0.717, 1.165) is 18.8 Å². The van der Waals surface area contributed by atoms with Crippen LogP contribution in [0.3, 0.4) is 0 Å². The Kier molecular flexibility index (Phi) is 6.27. The van der Waals surface area contributed by atoms with Crippen LogP contribution in [0.15, 0.2) is 42.6 Å². The molecule has 1 saturated heterocycles. The molecule has 0 radical (unpaired) electrons. The number of anilines is 2. The van der Waals surface area contributed by atoms with Gasteiger partial charge in [-0.3, -0.25) is 4.79 Å². The van der Waals surface area contributed by atoms with Crippen molar-refractivity contribution in [3.05, 3.63) is 54.0 Å². The van der Waals surface area contributed by atoms with E-state index in [4.69, 9.17) is 0 Å². The number of nitrogens with one attached hydrogen (secondary N) is 1. The van der Waals surface area contributed by atoms with E-state index in [2.05, 4.69) is 24.1 Å². The smallest absolute Gasteiger partial charge is 0.255 e. The molecule has 1 N–H and O–H groups in total. The van der Waals surface area contributed by atoms with Crippen LogP contribution < -0.4 is 10.2 Å². The second kappa shape index (κ2) is 8.84. The molecule has 0 spiro atoms. The number of pyridine rings is 1. The molecule has 6 heteroatoms. The average molecular weight is 370 g/mol. The summed E-state index contributed by atoms with van der Waals surface area (Å²) in [5.74, 6) is 1.18. The van der Waals surface area contributed by atoms with Gasteiger partial charge in [-0.05, 0) is 36.6 Å². The van der Waals surface area contributed by atoms with E-state index in [-0.39, 0.29) is 11.7 Å². The largest absolute Gasteiger partial charge is 0.370 e. The standard InChI is InChI=1S/C21H27FN4O/c1-16(2)9-10-23-20-8-7-17(15-24-20)21(27)26-13-11-25(12-14-26)19-6-4-3-5-18(19)22/h3-8,15-16H,9-14H2,1-2H3,(H,23,24). The molecule has 5 nitrogen and oxygen atoms in total. The minimum absolute atomic E-state index is 0.0237. The first-order valence-corrected chi connectivity index (χ1v) is 9.53. The predicted octanol–water partition coefficient (Wildman–Crippen LogP) is 3.64. The molecule has 0 atom stereocenters. The van der Waals surface area contributed by atoms with Crippen molar-refractivity contribution in [2.45, 2.75) is 20.3 Å². The number of halogens is 1. The Morgan fingerprint density at radius 1 is 1.15 bits per heavy atom. The fourth-order valence-corrected chi connectivity index (χ4v) is 3.16. The van der Waals surface area contributed by atoms with Crippen LogP contribution in [0, 0.1) is 11.7 Å². The molecule has 0 bridgehead atoms. The number of piperazine rings is 1.